The fourth-order valence-electron chi connectivity index (χ4n) is 0.337. The minimum Gasteiger partial charge on any atom is -1.00 e. The van der Waals surface area contributed by atoms with Crippen LogP contribution in [0.25, 0.3) is 0 Å². The van der Waals surface area contributed by atoms with Gasteiger partial charge >= 0.3 is 58.2 Å². The normalized spacial score (nSPS) is 6.50. The maximum absolute atomic E-state index is 5.25. The van der Waals surface area contributed by atoms with Gasteiger partial charge in [0.05, 0.1) is 0 Å². The molecule has 0 atom stereocenters. The number of rotatable bonds is 0. The summed E-state index contributed by atoms with van der Waals surface area (Å²) in [7, 11) is 0. The molecule has 2 nitrogen and oxygen atoms in total. The van der Waals surface area contributed by atoms with Crippen molar-refractivity contribution in [2.24, 2.45) is 0 Å². The van der Waals surface area contributed by atoms with E-state index in [4.69, 9.17) is 5.73 Å². The Morgan fingerprint density at radius 1 is 1.50 bits per heavy atom. The summed E-state index contributed by atoms with van der Waals surface area (Å²) in [4.78, 5) is 2.80. The van der Waals surface area contributed by atoms with E-state index in [0.717, 1.165) is 5.69 Å². The molecule has 1 rings (SSSR count). The molecular formula is C4H6BrN2Rb. The second-order valence-electron chi connectivity index (χ2n) is 1.14. The first-order valence-electron chi connectivity index (χ1n) is 1.78. The van der Waals surface area contributed by atoms with Crippen molar-refractivity contribution in [1.29, 1.82) is 0 Å². The van der Waals surface area contributed by atoms with E-state index >= 15 is 0 Å². The van der Waals surface area contributed by atoms with Crippen molar-refractivity contribution in [3.8, 4) is 0 Å². The van der Waals surface area contributed by atoms with Crippen LogP contribution in [0.2, 0.25) is 0 Å². The van der Waals surface area contributed by atoms with Crippen LogP contribution >= 0.6 is 0 Å². The van der Waals surface area contributed by atoms with E-state index in [2.05, 4.69) is 4.98 Å². The molecule has 0 bridgehead atoms. The maximum atomic E-state index is 5.25. The number of nitrogens with one attached hydrogen (secondary N) is 1. The van der Waals surface area contributed by atoms with Gasteiger partial charge in [-0.3, -0.25) is 0 Å². The molecule has 1 heterocycles. The third kappa shape index (κ3) is 4.26. The van der Waals surface area contributed by atoms with Crippen molar-refractivity contribution < 1.29 is 75.2 Å². The Morgan fingerprint density at radius 3 is 2.25 bits per heavy atom. The van der Waals surface area contributed by atoms with E-state index in [-0.39, 0.29) is 75.2 Å². The van der Waals surface area contributed by atoms with Crippen LogP contribution in [0.15, 0.2) is 18.5 Å². The number of aromatic nitrogens is 1. The first kappa shape index (κ1) is 12.1. The minimum absolute atomic E-state index is 0. The summed E-state index contributed by atoms with van der Waals surface area (Å²) < 4.78 is 0. The molecule has 0 fully saturated rings. The molecule has 0 aliphatic rings. The fourth-order valence-corrected chi connectivity index (χ4v) is 0.337. The molecule has 0 saturated heterocycles. The molecule has 1 aromatic heterocycles. The van der Waals surface area contributed by atoms with Crippen LogP contribution in [0.4, 0.5) is 5.69 Å². The van der Waals surface area contributed by atoms with Gasteiger partial charge in [-0.2, -0.15) is 0 Å². The van der Waals surface area contributed by atoms with Crippen molar-refractivity contribution in [3.63, 3.8) is 0 Å². The average molecular weight is 247 g/mol. The summed E-state index contributed by atoms with van der Waals surface area (Å²) in [6.45, 7) is 0. The average Bonchev–Trinajstić information content (AvgIpc) is 1.86. The molecule has 0 aromatic carbocycles. The third-order valence-electron chi connectivity index (χ3n) is 0.622. The topological polar surface area (TPSA) is 41.8 Å². The van der Waals surface area contributed by atoms with Gasteiger partial charge in [0.15, 0.2) is 0 Å². The Bertz CT molecular complexity index is 118. The Kier molecular flexibility index (Phi) is 9.79. The number of nitrogens with two attached hydrogens (primary N) is 1. The molecular weight excluding hydrogens is 241 g/mol. The van der Waals surface area contributed by atoms with Crippen molar-refractivity contribution in [1.82, 2.24) is 4.98 Å². The van der Waals surface area contributed by atoms with Crippen molar-refractivity contribution in [2.45, 2.75) is 0 Å². The molecule has 8 heavy (non-hydrogen) atoms. The smallest absolute Gasteiger partial charge is 1.00 e. The van der Waals surface area contributed by atoms with Crippen LogP contribution in [0.5, 0.6) is 0 Å². The second kappa shape index (κ2) is 6.48. The predicted octanol–water partition coefficient (Wildman–Crippen LogP) is -5.40. The fraction of sp³-hybridized carbons (Fsp3) is 0. The van der Waals surface area contributed by atoms with E-state index in [0.29, 0.717) is 0 Å². The number of anilines is 1. The summed E-state index contributed by atoms with van der Waals surface area (Å²) in [5, 5.41) is 0. The number of aromatic amines is 1. The third-order valence-corrected chi connectivity index (χ3v) is 0.622. The quantitative estimate of drug-likeness (QED) is 0.472. The van der Waals surface area contributed by atoms with Crippen molar-refractivity contribution in [3.05, 3.63) is 18.5 Å². The molecule has 0 radical (unpaired) electrons. The molecule has 0 aliphatic heterocycles. The standard InChI is InChI=1S/C4H6N2.BrH.Rb/c5-4-1-2-6-3-4;;/h1-3,6H,5H2;1H;/q;;+1/p-1. The van der Waals surface area contributed by atoms with E-state index in [1.165, 1.54) is 0 Å². The summed E-state index contributed by atoms with van der Waals surface area (Å²) in [5.74, 6) is 0. The van der Waals surface area contributed by atoms with Crippen LogP contribution < -0.4 is 80.9 Å². The van der Waals surface area contributed by atoms with E-state index in [1.807, 2.05) is 0 Å². The zero-order chi connectivity index (χ0) is 4.41. The zero-order valence-electron chi connectivity index (χ0n) is 4.69. The van der Waals surface area contributed by atoms with Gasteiger partial charge < -0.3 is 27.7 Å². The summed E-state index contributed by atoms with van der Waals surface area (Å²) >= 11 is 0. The molecule has 4 heteroatoms. The number of H-pyrrole nitrogens is 1. The van der Waals surface area contributed by atoms with E-state index < -0.39 is 0 Å². The monoisotopic (exact) mass is 246 g/mol. The number of hydrogen-bond acceptors (Lipinski definition) is 1. The second-order valence-corrected chi connectivity index (χ2v) is 1.14. The van der Waals surface area contributed by atoms with Gasteiger partial charge in [-0.15, -0.1) is 0 Å². The van der Waals surface area contributed by atoms with E-state index in [9.17, 15) is 0 Å². The Balaban J connectivity index is 0. The molecule has 0 unspecified atom stereocenters. The molecule has 0 spiro atoms. The number of hydrogen-bond donors (Lipinski definition) is 2. The van der Waals surface area contributed by atoms with Crippen LogP contribution in [0.1, 0.15) is 0 Å². The molecule has 0 aliphatic carbocycles. The van der Waals surface area contributed by atoms with Crippen LogP contribution in [-0.4, -0.2) is 4.98 Å². The van der Waals surface area contributed by atoms with Gasteiger partial charge in [0.1, 0.15) is 0 Å². The van der Waals surface area contributed by atoms with Gasteiger partial charge in [0.25, 0.3) is 0 Å². The van der Waals surface area contributed by atoms with Crippen LogP contribution in [-0.2, 0) is 0 Å². The molecule has 0 amide bonds. The van der Waals surface area contributed by atoms with E-state index in [1.54, 1.807) is 18.5 Å². The molecule has 40 valence electrons. The van der Waals surface area contributed by atoms with Crippen LogP contribution in [0, 0.1) is 0 Å². The first-order chi connectivity index (χ1) is 2.89. The Hall–Kier alpha value is 1.37. The van der Waals surface area contributed by atoms with Crippen molar-refractivity contribution in [2.75, 3.05) is 5.73 Å². The summed E-state index contributed by atoms with van der Waals surface area (Å²) in [6, 6.07) is 1.81. The Morgan fingerprint density at radius 2 is 2.12 bits per heavy atom. The summed E-state index contributed by atoms with van der Waals surface area (Å²) in [5.41, 5.74) is 6.03. The SMILES string of the molecule is Nc1cc[nH]c1.[Br-].[Rb+]. The van der Waals surface area contributed by atoms with Gasteiger partial charge in [0.2, 0.25) is 0 Å². The molecule has 0 saturated carbocycles. The number of nitrogen functional groups attached to an aromatic ring is 1. The van der Waals surface area contributed by atoms with Gasteiger partial charge in [-0.05, 0) is 6.07 Å². The molecule has 1 aromatic rings. The Labute approximate surface area is 108 Å². The van der Waals surface area contributed by atoms with Gasteiger partial charge in [-0.1, -0.05) is 0 Å². The zero-order valence-corrected chi connectivity index (χ0v) is 11.2. The van der Waals surface area contributed by atoms with Crippen molar-refractivity contribution >= 4 is 5.69 Å². The largest absolute Gasteiger partial charge is 1.00 e. The minimum atomic E-state index is 0. The predicted molar refractivity (Wildman–Crippen MR) is 25.2 cm³/mol. The first-order valence-corrected chi connectivity index (χ1v) is 1.78. The maximum Gasteiger partial charge on any atom is 1.00 e. The van der Waals surface area contributed by atoms with Crippen LogP contribution in [0.3, 0.4) is 0 Å². The van der Waals surface area contributed by atoms with Gasteiger partial charge in [-0.25, -0.2) is 0 Å². The number of halogens is 1. The molecule has 3 N–H and O–H groups in total. The summed E-state index contributed by atoms with van der Waals surface area (Å²) in [6.07, 6.45) is 3.52. The van der Waals surface area contributed by atoms with Gasteiger partial charge in [0, 0.05) is 18.1 Å².